The summed E-state index contributed by atoms with van der Waals surface area (Å²) in [5, 5.41) is 0. The third-order valence-electron chi connectivity index (χ3n) is 4.45. The summed E-state index contributed by atoms with van der Waals surface area (Å²) in [7, 11) is 1.61. The van der Waals surface area contributed by atoms with Gasteiger partial charge in [0.25, 0.3) is 11.8 Å². The van der Waals surface area contributed by atoms with Gasteiger partial charge in [-0.05, 0) is 18.6 Å². The van der Waals surface area contributed by atoms with Gasteiger partial charge in [-0.3, -0.25) is 14.6 Å². The third-order valence-corrected chi connectivity index (χ3v) is 4.45. The Morgan fingerprint density at radius 1 is 1.27 bits per heavy atom. The molecular weight excluding hydrogens is 292 g/mol. The molecule has 7 heteroatoms. The molecule has 0 saturated carbocycles. The van der Waals surface area contributed by atoms with E-state index in [9.17, 15) is 18.4 Å². The van der Waals surface area contributed by atoms with Gasteiger partial charge in [-0.25, -0.2) is 8.78 Å². The van der Waals surface area contributed by atoms with E-state index in [0.717, 1.165) is 4.90 Å². The maximum absolute atomic E-state index is 14.2. The minimum absolute atomic E-state index is 0.0485. The van der Waals surface area contributed by atoms with Crippen LogP contribution in [-0.2, 0) is 4.79 Å². The fraction of sp³-hybridized carbons (Fsp3) is 0.533. The molecule has 0 aromatic carbocycles. The topological polar surface area (TPSA) is 53.5 Å². The van der Waals surface area contributed by atoms with E-state index < -0.39 is 30.2 Å². The van der Waals surface area contributed by atoms with Crippen molar-refractivity contribution in [1.29, 1.82) is 0 Å². The van der Waals surface area contributed by atoms with Gasteiger partial charge in [-0.1, -0.05) is 0 Å². The number of likely N-dealkylation sites (tertiary alicyclic amines) is 2. The molecule has 1 aromatic heterocycles. The molecule has 0 aliphatic carbocycles. The van der Waals surface area contributed by atoms with Crippen molar-refractivity contribution in [1.82, 2.24) is 14.8 Å². The van der Waals surface area contributed by atoms with Crippen LogP contribution in [-0.4, -0.2) is 59.2 Å². The summed E-state index contributed by atoms with van der Waals surface area (Å²) in [6, 6.07) is 2.98. The summed E-state index contributed by atoms with van der Waals surface area (Å²) >= 11 is 0. The van der Waals surface area contributed by atoms with Crippen molar-refractivity contribution < 1.29 is 18.4 Å². The molecular formula is C15H17F2N3O2. The van der Waals surface area contributed by atoms with Crippen molar-refractivity contribution in [2.75, 3.05) is 26.7 Å². The molecule has 1 unspecified atom stereocenters. The molecule has 2 fully saturated rings. The molecule has 0 radical (unpaired) electrons. The summed E-state index contributed by atoms with van der Waals surface area (Å²) in [5.41, 5.74) is -0.846. The van der Waals surface area contributed by atoms with Gasteiger partial charge in [0.1, 0.15) is 0 Å². The highest BCUT2D eigenvalue weighted by Crippen LogP contribution is 2.45. The van der Waals surface area contributed by atoms with E-state index in [0.29, 0.717) is 18.5 Å². The second-order valence-corrected chi connectivity index (χ2v) is 6.19. The van der Waals surface area contributed by atoms with Gasteiger partial charge in [0, 0.05) is 44.5 Å². The number of hydrogen-bond acceptors (Lipinski definition) is 3. The summed E-state index contributed by atoms with van der Waals surface area (Å²) < 4.78 is 28.3. The highest BCUT2D eigenvalue weighted by Gasteiger charge is 2.57. The van der Waals surface area contributed by atoms with Gasteiger partial charge in [0.2, 0.25) is 5.91 Å². The Hall–Kier alpha value is -2.05. The van der Waals surface area contributed by atoms with E-state index in [1.165, 1.54) is 29.4 Å². The lowest BCUT2D eigenvalue weighted by Gasteiger charge is -2.42. The number of hydrogen-bond donors (Lipinski definition) is 0. The fourth-order valence-corrected chi connectivity index (χ4v) is 3.43. The maximum atomic E-state index is 14.2. The average Bonchev–Trinajstić information content (AvgIpc) is 2.74. The summed E-state index contributed by atoms with van der Waals surface area (Å²) in [6.07, 6.45) is 2.76. The van der Waals surface area contributed by atoms with Crippen LogP contribution in [0.5, 0.6) is 0 Å². The lowest BCUT2D eigenvalue weighted by atomic mass is 9.76. The van der Waals surface area contributed by atoms with E-state index in [4.69, 9.17) is 0 Å². The van der Waals surface area contributed by atoms with Crippen molar-refractivity contribution in [2.45, 2.75) is 18.8 Å². The van der Waals surface area contributed by atoms with Crippen LogP contribution in [0.2, 0.25) is 0 Å². The molecule has 1 spiro atoms. The zero-order valence-corrected chi connectivity index (χ0v) is 12.3. The van der Waals surface area contributed by atoms with Crippen LogP contribution in [0, 0.1) is 5.41 Å². The van der Waals surface area contributed by atoms with Crippen LogP contribution in [0.3, 0.4) is 0 Å². The molecule has 2 saturated heterocycles. The minimum Gasteiger partial charge on any atom is -0.345 e. The van der Waals surface area contributed by atoms with Crippen molar-refractivity contribution in [3.05, 3.63) is 30.1 Å². The number of alkyl halides is 2. The van der Waals surface area contributed by atoms with Gasteiger partial charge in [0.15, 0.2) is 0 Å². The molecule has 0 N–H and O–H groups in total. The molecule has 2 amide bonds. The van der Waals surface area contributed by atoms with E-state index in [1.807, 2.05) is 0 Å². The van der Waals surface area contributed by atoms with Gasteiger partial charge in [0.05, 0.1) is 12.0 Å². The Bertz CT molecular complexity index is 608. The first kappa shape index (κ1) is 14.9. The first-order valence-electron chi connectivity index (χ1n) is 7.16. The largest absolute Gasteiger partial charge is 0.345 e. The first-order chi connectivity index (χ1) is 10.3. The zero-order chi connectivity index (χ0) is 16.0. The lowest BCUT2D eigenvalue weighted by molar-refractivity contribution is -0.150. The molecule has 5 nitrogen and oxygen atoms in total. The normalized spacial score (nSPS) is 27.5. The quantitative estimate of drug-likeness (QED) is 0.788. The van der Waals surface area contributed by atoms with Gasteiger partial charge in [-0.15, -0.1) is 0 Å². The monoisotopic (exact) mass is 309 g/mol. The molecule has 2 aliphatic rings. The summed E-state index contributed by atoms with van der Waals surface area (Å²) in [4.78, 5) is 31.2. The molecule has 2 aliphatic heterocycles. The average molecular weight is 309 g/mol. The van der Waals surface area contributed by atoms with Crippen LogP contribution in [0.25, 0.3) is 0 Å². The molecule has 1 aromatic rings. The number of rotatable bonds is 1. The number of nitrogens with zero attached hydrogens (tertiary/aromatic N) is 3. The van der Waals surface area contributed by atoms with Crippen LogP contribution < -0.4 is 0 Å². The molecule has 22 heavy (non-hydrogen) atoms. The summed E-state index contributed by atoms with van der Waals surface area (Å²) in [5.74, 6) is -3.83. The number of carbonyl (C=O) groups is 2. The Kier molecular flexibility index (Phi) is 3.38. The Balaban J connectivity index is 1.90. The highest BCUT2D eigenvalue weighted by molar-refractivity contribution is 5.95. The zero-order valence-electron chi connectivity index (χ0n) is 12.3. The predicted molar refractivity (Wildman–Crippen MR) is 74.4 cm³/mol. The fourth-order valence-electron chi connectivity index (χ4n) is 3.43. The van der Waals surface area contributed by atoms with E-state index in [-0.39, 0.29) is 12.5 Å². The Morgan fingerprint density at radius 3 is 2.55 bits per heavy atom. The smallest absolute Gasteiger partial charge is 0.266 e. The Labute approximate surface area is 126 Å². The molecule has 1 atom stereocenters. The standard InChI is InChI=1S/C15H17F2N3O2/c1-19-7-4-14(13(19)22)8-15(16,17)10-20(9-14)12(21)11-2-5-18-6-3-11/h2-3,5-6H,4,7-10H2,1H3. The number of pyridine rings is 1. The molecule has 0 bridgehead atoms. The SMILES string of the molecule is CN1CCC2(CN(C(=O)c3ccncc3)CC(F)(F)C2)C1=O. The van der Waals surface area contributed by atoms with Gasteiger partial charge >= 0.3 is 0 Å². The number of piperidine rings is 1. The van der Waals surface area contributed by atoms with Crippen LogP contribution in [0.4, 0.5) is 8.78 Å². The number of aromatic nitrogens is 1. The van der Waals surface area contributed by atoms with Crippen molar-refractivity contribution in [3.8, 4) is 0 Å². The predicted octanol–water partition coefficient (Wildman–Crippen LogP) is 1.41. The van der Waals surface area contributed by atoms with Crippen LogP contribution >= 0.6 is 0 Å². The van der Waals surface area contributed by atoms with Crippen LogP contribution in [0.15, 0.2) is 24.5 Å². The second kappa shape index (κ2) is 5.00. The van der Waals surface area contributed by atoms with E-state index >= 15 is 0 Å². The number of amides is 2. The lowest BCUT2D eigenvalue weighted by Crippen LogP contribution is -2.56. The van der Waals surface area contributed by atoms with Crippen molar-refractivity contribution in [3.63, 3.8) is 0 Å². The van der Waals surface area contributed by atoms with Crippen LogP contribution in [0.1, 0.15) is 23.2 Å². The van der Waals surface area contributed by atoms with E-state index in [1.54, 1.807) is 7.05 Å². The van der Waals surface area contributed by atoms with Crippen molar-refractivity contribution >= 4 is 11.8 Å². The number of carbonyl (C=O) groups excluding carboxylic acids is 2. The third kappa shape index (κ3) is 2.44. The van der Waals surface area contributed by atoms with E-state index in [2.05, 4.69) is 4.98 Å². The molecule has 118 valence electrons. The minimum atomic E-state index is -3.05. The Morgan fingerprint density at radius 2 is 1.95 bits per heavy atom. The number of halogens is 2. The summed E-state index contributed by atoms with van der Waals surface area (Å²) in [6.45, 7) is -0.147. The molecule has 3 heterocycles. The second-order valence-electron chi connectivity index (χ2n) is 6.19. The van der Waals surface area contributed by atoms with Crippen molar-refractivity contribution in [2.24, 2.45) is 5.41 Å². The highest BCUT2D eigenvalue weighted by atomic mass is 19.3. The molecule has 3 rings (SSSR count). The first-order valence-corrected chi connectivity index (χ1v) is 7.16. The maximum Gasteiger partial charge on any atom is 0.266 e. The van der Waals surface area contributed by atoms with Gasteiger partial charge in [-0.2, -0.15) is 0 Å². The van der Waals surface area contributed by atoms with Gasteiger partial charge < -0.3 is 9.80 Å².